The van der Waals surface area contributed by atoms with Crippen LogP contribution in [0.3, 0.4) is 0 Å². The van der Waals surface area contributed by atoms with Gasteiger partial charge < -0.3 is 14.8 Å². The molecule has 1 N–H and O–H groups in total. The summed E-state index contributed by atoms with van der Waals surface area (Å²) in [5, 5.41) is 16.0. The Hall–Kier alpha value is -4.02. The number of hydrogen-bond donors (Lipinski definition) is 1. The Kier molecular flexibility index (Phi) is 5.74. The Morgan fingerprint density at radius 1 is 1.29 bits per heavy atom. The zero-order valence-corrected chi connectivity index (χ0v) is 16.9. The quantitative estimate of drug-likeness (QED) is 0.322. The molecule has 0 aliphatic carbocycles. The van der Waals surface area contributed by atoms with Crippen LogP contribution in [0, 0.1) is 5.82 Å². The first kappa shape index (κ1) is 20.3. The second-order valence-corrected chi connectivity index (χ2v) is 6.72. The fraction of sp³-hybridized carbons (Fsp3) is 0.250. The molecule has 0 bridgehead atoms. The van der Waals surface area contributed by atoms with Gasteiger partial charge in [-0.25, -0.2) is 18.6 Å². The number of carbonyl (C=O) groups is 1. The van der Waals surface area contributed by atoms with E-state index in [-0.39, 0.29) is 18.5 Å². The third kappa shape index (κ3) is 4.29. The van der Waals surface area contributed by atoms with Gasteiger partial charge >= 0.3 is 0 Å². The summed E-state index contributed by atoms with van der Waals surface area (Å²) in [5.74, 6) is 0.810. The molecule has 0 saturated heterocycles. The van der Waals surface area contributed by atoms with Gasteiger partial charge in [-0.1, -0.05) is 5.21 Å². The highest BCUT2D eigenvalue weighted by Crippen LogP contribution is 2.28. The van der Waals surface area contributed by atoms with E-state index < -0.39 is 0 Å². The maximum absolute atomic E-state index is 13.7. The zero-order valence-electron chi connectivity index (χ0n) is 16.9. The predicted molar refractivity (Wildman–Crippen MR) is 109 cm³/mol. The van der Waals surface area contributed by atoms with Crippen LogP contribution in [0.1, 0.15) is 18.5 Å². The molecule has 0 radical (unpaired) electrons. The molecule has 0 unspecified atom stereocenters. The van der Waals surface area contributed by atoms with E-state index in [0.717, 1.165) is 0 Å². The topological polar surface area (TPSA) is 108 Å². The monoisotopic (exact) mass is 425 g/mol. The van der Waals surface area contributed by atoms with E-state index in [9.17, 15) is 9.18 Å². The number of aromatic nitrogens is 6. The van der Waals surface area contributed by atoms with Crippen LogP contribution in [0.2, 0.25) is 0 Å². The van der Waals surface area contributed by atoms with Crippen molar-refractivity contribution in [3.05, 3.63) is 54.1 Å². The van der Waals surface area contributed by atoms with Crippen LogP contribution in [-0.2, 0) is 16.1 Å². The Morgan fingerprint density at radius 2 is 2.16 bits per heavy atom. The van der Waals surface area contributed by atoms with Crippen LogP contribution >= 0.6 is 0 Å². The predicted octanol–water partition coefficient (Wildman–Crippen LogP) is 2.48. The van der Waals surface area contributed by atoms with Crippen LogP contribution < -0.4 is 10.1 Å². The summed E-state index contributed by atoms with van der Waals surface area (Å²) in [7, 11) is 1.55. The Morgan fingerprint density at radius 3 is 2.97 bits per heavy atom. The third-order valence-electron chi connectivity index (χ3n) is 4.69. The minimum absolute atomic E-state index is 0.202. The molecule has 1 atom stereocenters. The highest BCUT2D eigenvalue weighted by Gasteiger charge is 2.15. The number of benzene rings is 1. The lowest BCUT2D eigenvalue weighted by Crippen LogP contribution is -2.11. The zero-order chi connectivity index (χ0) is 21.8. The molecule has 0 aliphatic rings. The molecule has 160 valence electrons. The molecule has 0 amide bonds. The molecule has 0 aliphatic heterocycles. The second-order valence-electron chi connectivity index (χ2n) is 6.72. The van der Waals surface area contributed by atoms with E-state index in [0.29, 0.717) is 47.2 Å². The second kappa shape index (κ2) is 8.78. The largest absolute Gasteiger partial charge is 0.496 e. The summed E-state index contributed by atoms with van der Waals surface area (Å²) < 4.78 is 27.0. The van der Waals surface area contributed by atoms with Gasteiger partial charge in [-0.15, -0.1) is 10.2 Å². The van der Waals surface area contributed by atoms with Gasteiger partial charge in [-0.05, 0) is 37.3 Å². The van der Waals surface area contributed by atoms with Gasteiger partial charge in [0, 0.05) is 5.56 Å². The van der Waals surface area contributed by atoms with Gasteiger partial charge in [0.25, 0.3) is 6.47 Å². The maximum atomic E-state index is 13.7. The summed E-state index contributed by atoms with van der Waals surface area (Å²) in [6, 6.07) is 7.73. The van der Waals surface area contributed by atoms with Crippen molar-refractivity contribution in [3.8, 4) is 17.1 Å². The maximum Gasteiger partial charge on any atom is 0.293 e. The Labute approximate surface area is 176 Å². The number of rotatable bonds is 9. The lowest BCUT2D eigenvalue weighted by molar-refractivity contribution is -0.129. The van der Waals surface area contributed by atoms with E-state index in [1.807, 2.05) is 13.0 Å². The SMILES string of the molecule is COc1ccc(F)cc1[C@@H](C)Nc1ccc2ncc(-c3cn(CCOC=O)nn3)n2n1. The van der Waals surface area contributed by atoms with E-state index in [1.165, 1.54) is 12.1 Å². The molecule has 1 aromatic carbocycles. The van der Waals surface area contributed by atoms with Crippen LogP contribution in [0.25, 0.3) is 17.0 Å². The normalized spacial score (nSPS) is 12.0. The van der Waals surface area contributed by atoms with Gasteiger partial charge in [-0.3, -0.25) is 4.79 Å². The number of nitrogens with zero attached hydrogens (tertiary/aromatic N) is 6. The molecular weight excluding hydrogens is 405 g/mol. The van der Waals surface area contributed by atoms with Crippen molar-refractivity contribution < 1.29 is 18.7 Å². The summed E-state index contributed by atoms with van der Waals surface area (Å²) in [6.07, 6.45) is 3.38. The fourth-order valence-electron chi connectivity index (χ4n) is 3.19. The lowest BCUT2D eigenvalue weighted by Gasteiger charge is -2.18. The van der Waals surface area contributed by atoms with Crippen LogP contribution in [0.5, 0.6) is 5.75 Å². The van der Waals surface area contributed by atoms with Crippen molar-refractivity contribution in [2.45, 2.75) is 19.5 Å². The van der Waals surface area contributed by atoms with Crippen LogP contribution in [0.15, 0.2) is 42.7 Å². The number of hydrogen-bond acceptors (Lipinski definition) is 8. The van der Waals surface area contributed by atoms with E-state index in [1.54, 1.807) is 40.8 Å². The number of fused-ring (bicyclic) bond motifs is 1. The Balaban J connectivity index is 1.59. The summed E-state index contributed by atoms with van der Waals surface area (Å²) in [5.41, 5.74) is 2.53. The number of methoxy groups -OCH3 is 1. The minimum atomic E-state index is -0.341. The van der Waals surface area contributed by atoms with E-state index in [2.05, 4.69) is 30.4 Å². The lowest BCUT2D eigenvalue weighted by atomic mass is 10.1. The Bertz CT molecular complexity index is 1210. The number of ether oxygens (including phenoxy) is 2. The average molecular weight is 425 g/mol. The molecule has 31 heavy (non-hydrogen) atoms. The first-order valence-electron chi connectivity index (χ1n) is 9.49. The molecule has 0 saturated carbocycles. The van der Waals surface area contributed by atoms with Gasteiger partial charge in [0.15, 0.2) is 5.65 Å². The highest BCUT2D eigenvalue weighted by molar-refractivity contribution is 5.59. The number of halogens is 1. The van der Waals surface area contributed by atoms with E-state index >= 15 is 0 Å². The smallest absolute Gasteiger partial charge is 0.293 e. The van der Waals surface area contributed by atoms with Crippen LogP contribution in [0.4, 0.5) is 10.2 Å². The molecule has 4 aromatic rings. The van der Waals surface area contributed by atoms with Gasteiger partial charge in [0.2, 0.25) is 0 Å². The third-order valence-corrected chi connectivity index (χ3v) is 4.69. The first-order chi connectivity index (χ1) is 15.1. The molecule has 11 heteroatoms. The molecule has 4 rings (SSSR count). The summed E-state index contributed by atoms with van der Waals surface area (Å²) >= 11 is 0. The van der Waals surface area contributed by atoms with Crippen molar-refractivity contribution in [2.75, 3.05) is 19.0 Å². The standard InChI is InChI=1S/C20H20FN7O3/c1-13(15-9-14(21)3-4-18(15)30-2)23-19-5-6-20-22-10-17(28(20)25-19)16-11-27(26-24-16)7-8-31-12-29/h3-6,9-13H,7-8H2,1-2H3,(H,23,25)/t13-/m1/s1. The van der Waals surface area contributed by atoms with Gasteiger partial charge in [0.1, 0.15) is 35.4 Å². The molecule has 0 fully saturated rings. The van der Waals surface area contributed by atoms with Gasteiger partial charge in [0.05, 0.1) is 32.1 Å². The average Bonchev–Trinajstić information content (AvgIpc) is 3.40. The summed E-state index contributed by atoms with van der Waals surface area (Å²) in [4.78, 5) is 14.6. The van der Waals surface area contributed by atoms with Crippen molar-refractivity contribution in [1.29, 1.82) is 0 Å². The van der Waals surface area contributed by atoms with E-state index in [4.69, 9.17) is 4.74 Å². The van der Waals surface area contributed by atoms with Crippen LogP contribution in [-0.4, -0.2) is 49.8 Å². The molecular formula is C20H20FN7O3. The van der Waals surface area contributed by atoms with Crippen molar-refractivity contribution >= 4 is 17.9 Å². The molecule has 3 aromatic heterocycles. The number of imidazole rings is 1. The fourth-order valence-corrected chi connectivity index (χ4v) is 3.19. The first-order valence-corrected chi connectivity index (χ1v) is 9.49. The van der Waals surface area contributed by atoms with Crippen molar-refractivity contribution in [1.82, 2.24) is 29.6 Å². The summed E-state index contributed by atoms with van der Waals surface area (Å²) in [6.45, 7) is 2.87. The van der Waals surface area contributed by atoms with Gasteiger partial charge in [-0.2, -0.15) is 0 Å². The number of carbonyl (C=O) groups excluding carboxylic acids is 1. The highest BCUT2D eigenvalue weighted by atomic mass is 19.1. The number of anilines is 1. The molecule has 10 nitrogen and oxygen atoms in total. The number of nitrogens with one attached hydrogen (secondary N) is 1. The van der Waals surface area contributed by atoms with Crippen molar-refractivity contribution in [2.24, 2.45) is 0 Å². The van der Waals surface area contributed by atoms with Crippen molar-refractivity contribution in [3.63, 3.8) is 0 Å². The molecule has 3 heterocycles. The molecule has 0 spiro atoms. The minimum Gasteiger partial charge on any atom is -0.496 e.